The third-order valence-electron chi connectivity index (χ3n) is 3.99. The van der Waals surface area contributed by atoms with Crippen molar-refractivity contribution < 1.29 is 18.3 Å². The summed E-state index contributed by atoms with van der Waals surface area (Å²) in [6.45, 7) is 1.88. The van der Waals surface area contributed by atoms with Gasteiger partial charge in [0.1, 0.15) is 17.7 Å². The van der Waals surface area contributed by atoms with Crippen molar-refractivity contribution in [2.75, 3.05) is 12.3 Å². The molecule has 0 spiro atoms. The van der Waals surface area contributed by atoms with Crippen LogP contribution >= 0.6 is 0 Å². The van der Waals surface area contributed by atoms with Crippen molar-refractivity contribution in [1.29, 1.82) is 0 Å². The topological polar surface area (TPSA) is 114 Å². The predicted molar refractivity (Wildman–Crippen MR) is 94.1 cm³/mol. The lowest BCUT2D eigenvalue weighted by Crippen LogP contribution is -2.10. The monoisotopic (exact) mass is 385 g/mol. The van der Waals surface area contributed by atoms with Crippen molar-refractivity contribution in [2.45, 2.75) is 6.92 Å². The average Bonchev–Trinajstić information content (AvgIpc) is 3.28. The van der Waals surface area contributed by atoms with Gasteiger partial charge in [0.05, 0.1) is 30.1 Å². The van der Waals surface area contributed by atoms with E-state index in [0.717, 1.165) is 12.1 Å². The molecular formula is C17H13F2N7O2. The molecule has 0 saturated heterocycles. The van der Waals surface area contributed by atoms with Gasteiger partial charge in [0.15, 0.2) is 23.1 Å². The molecule has 0 saturated carbocycles. The number of nitrogens with zero attached hydrogens (tertiary/aromatic N) is 6. The lowest BCUT2D eigenvalue weighted by Gasteiger charge is -2.06. The molecule has 0 unspecified atom stereocenters. The van der Waals surface area contributed by atoms with E-state index < -0.39 is 17.6 Å². The number of fused-ring (bicyclic) bond motifs is 1. The molecule has 0 aliphatic heterocycles. The molecule has 0 aliphatic carbocycles. The van der Waals surface area contributed by atoms with Crippen molar-refractivity contribution in [3.8, 4) is 11.5 Å². The Morgan fingerprint density at radius 1 is 1.14 bits per heavy atom. The van der Waals surface area contributed by atoms with Crippen LogP contribution in [0, 0.1) is 11.6 Å². The number of hydrogen-bond acceptors (Lipinski definition) is 7. The van der Waals surface area contributed by atoms with Gasteiger partial charge in [0.2, 0.25) is 0 Å². The minimum atomic E-state index is -1.01. The first kappa shape index (κ1) is 17.5. The summed E-state index contributed by atoms with van der Waals surface area (Å²) in [4.78, 5) is 20.3. The highest BCUT2D eigenvalue weighted by molar-refractivity contribution is 5.95. The van der Waals surface area contributed by atoms with Crippen LogP contribution < -0.4 is 5.73 Å². The summed E-state index contributed by atoms with van der Waals surface area (Å²) in [5.74, 6) is -2.27. The molecule has 142 valence electrons. The zero-order valence-electron chi connectivity index (χ0n) is 14.5. The molecule has 2 N–H and O–H groups in total. The van der Waals surface area contributed by atoms with E-state index in [1.165, 1.54) is 34.2 Å². The Kier molecular flexibility index (Phi) is 4.18. The number of nitrogen functional groups attached to an aromatic ring is 1. The number of nitrogens with two attached hydrogens (primary N) is 1. The maximum atomic E-state index is 13.6. The lowest BCUT2D eigenvalue weighted by atomic mass is 10.3. The van der Waals surface area contributed by atoms with Crippen LogP contribution in [-0.4, -0.2) is 42.1 Å². The molecule has 0 amide bonds. The van der Waals surface area contributed by atoms with Gasteiger partial charge in [-0.2, -0.15) is 14.9 Å². The molecule has 28 heavy (non-hydrogen) atoms. The van der Waals surface area contributed by atoms with Gasteiger partial charge in [0, 0.05) is 6.07 Å². The Balaban J connectivity index is 1.84. The van der Waals surface area contributed by atoms with Crippen LogP contribution in [0.1, 0.15) is 17.3 Å². The molecule has 0 aliphatic rings. The summed E-state index contributed by atoms with van der Waals surface area (Å²) in [5, 5.41) is 8.72. The van der Waals surface area contributed by atoms with Crippen LogP contribution in [0.3, 0.4) is 0 Å². The standard InChI is InChI=1S/C17H13F2N7O2/c1-2-28-17(27)10-6-24-26(14(10)20)16-11-7-23-25(15(11)21-8-22-16)9-3-4-12(18)13(19)5-9/h3-8H,2,20H2,1H3. The third kappa shape index (κ3) is 2.73. The fourth-order valence-electron chi connectivity index (χ4n) is 2.70. The van der Waals surface area contributed by atoms with E-state index in [9.17, 15) is 13.6 Å². The molecule has 0 fully saturated rings. The maximum absolute atomic E-state index is 13.6. The second-order valence-electron chi connectivity index (χ2n) is 5.67. The van der Waals surface area contributed by atoms with E-state index in [1.54, 1.807) is 6.92 Å². The third-order valence-corrected chi connectivity index (χ3v) is 3.99. The largest absolute Gasteiger partial charge is 0.462 e. The van der Waals surface area contributed by atoms with Gasteiger partial charge in [-0.15, -0.1) is 0 Å². The summed E-state index contributed by atoms with van der Waals surface area (Å²) in [7, 11) is 0. The van der Waals surface area contributed by atoms with E-state index in [4.69, 9.17) is 10.5 Å². The summed E-state index contributed by atoms with van der Waals surface area (Å²) in [6.07, 6.45) is 3.97. The number of anilines is 1. The SMILES string of the molecule is CCOC(=O)c1cnn(-c2ncnc3c2cnn3-c2ccc(F)c(F)c2)c1N. The van der Waals surface area contributed by atoms with Crippen LogP contribution in [0.2, 0.25) is 0 Å². The fourth-order valence-corrected chi connectivity index (χ4v) is 2.70. The van der Waals surface area contributed by atoms with Crippen molar-refractivity contribution in [2.24, 2.45) is 0 Å². The van der Waals surface area contributed by atoms with Gasteiger partial charge >= 0.3 is 5.97 Å². The van der Waals surface area contributed by atoms with Crippen LogP contribution in [-0.2, 0) is 4.74 Å². The zero-order chi connectivity index (χ0) is 19.8. The fraction of sp³-hybridized carbons (Fsp3) is 0.118. The number of rotatable bonds is 4. The van der Waals surface area contributed by atoms with Gasteiger partial charge in [-0.05, 0) is 19.1 Å². The van der Waals surface area contributed by atoms with Crippen molar-refractivity contribution in [1.82, 2.24) is 29.5 Å². The highest BCUT2D eigenvalue weighted by atomic mass is 19.2. The van der Waals surface area contributed by atoms with E-state index in [2.05, 4.69) is 20.2 Å². The molecule has 9 nitrogen and oxygen atoms in total. The normalized spacial score (nSPS) is 11.1. The van der Waals surface area contributed by atoms with Crippen LogP contribution in [0.25, 0.3) is 22.5 Å². The molecule has 0 radical (unpaired) electrons. The number of esters is 1. The maximum Gasteiger partial charge on any atom is 0.343 e. The van der Waals surface area contributed by atoms with E-state index >= 15 is 0 Å². The van der Waals surface area contributed by atoms with Crippen molar-refractivity contribution in [3.63, 3.8) is 0 Å². The summed E-state index contributed by atoms with van der Waals surface area (Å²) in [5.41, 5.74) is 6.73. The van der Waals surface area contributed by atoms with Gasteiger partial charge < -0.3 is 10.5 Å². The van der Waals surface area contributed by atoms with Crippen molar-refractivity contribution >= 4 is 22.8 Å². The highest BCUT2D eigenvalue weighted by Crippen LogP contribution is 2.24. The first-order chi connectivity index (χ1) is 13.5. The Bertz CT molecular complexity index is 1200. The second kappa shape index (κ2) is 6.68. The minimum absolute atomic E-state index is 0.0408. The zero-order valence-corrected chi connectivity index (χ0v) is 14.5. The van der Waals surface area contributed by atoms with Gasteiger partial charge in [0.25, 0.3) is 0 Å². The molecule has 0 atom stereocenters. The first-order valence-electron chi connectivity index (χ1n) is 8.16. The van der Waals surface area contributed by atoms with E-state index in [1.807, 2.05) is 0 Å². The lowest BCUT2D eigenvalue weighted by molar-refractivity contribution is 0.0527. The Labute approximate surface area is 156 Å². The van der Waals surface area contributed by atoms with Gasteiger partial charge in [-0.1, -0.05) is 0 Å². The quantitative estimate of drug-likeness (QED) is 0.535. The average molecular weight is 385 g/mol. The second-order valence-corrected chi connectivity index (χ2v) is 5.67. The Hall–Kier alpha value is -3.89. The molecular weight excluding hydrogens is 372 g/mol. The highest BCUT2D eigenvalue weighted by Gasteiger charge is 2.20. The molecule has 4 rings (SSSR count). The smallest absolute Gasteiger partial charge is 0.343 e. The first-order valence-corrected chi connectivity index (χ1v) is 8.16. The molecule has 3 heterocycles. The van der Waals surface area contributed by atoms with Gasteiger partial charge in [-0.25, -0.2) is 28.2 Å². The Morgan fingerprint density at radius 3 is 2.68 bits per heavy atom. The molecule has 4 aromatic rings. The molecule has 11 heteroatoms. The van der Waals surface area contributed by atoms with E-state index in [0.29, 0.717) is 11.0 Å². The molecule has 3 aromatic heterocycles. The number of carbonyl (C=O) groups is 1. The number of aromatic nitrogens is 6. The number of carbonyl (C=O) groups excluding carboxylic acids is 1. The number of halogens is 2. The summed E-state index contributed by atoms with van der Waals surface area (Å²) < 4.78 is 34.3. The summed E-state index contributed by atoms with van der Waals surface area (Å²) in [6, 6.07) is 3.37. The number of hydrogen-bond donors (Lipinski definition) is 1. The Morgan fingerprint density at radius 2 is 1.93 bits per heavy atom. The number of ether oxygens (including phenoxy) is 1. The predicted octanol–water partition coefficient (Wildman–Crippen LogP) is 2.04. The van der Waals surface area contributed by atoms with E-state index in [-0.39, 0.29) is 29.5 Å². The van der Waals surface area contributed by atoms with Crippen LogP contribution in [0.4, 0.5) is 14.6 Å². The summed E-state index contributed by atoms with van der Waals surface area (Å²) >= 11 is 0. The van der Waals surface area contributed by atoms with Crippen LogP contribution in [0.5, 0.6) is 0 Å². The molecule has 0 bridgehead atoms. The van der Waals surface area contributed by atoms with Crippen LogP contribution in [0.15, 0.2) is 36.9 Å². The van der Waals surface area contributed by atoms with Crippen molar-refractivity contribution in [3.05, 3.63) is 54.1 Å². The number of benzene rings is 1. The van der Waals surface area contributed by atoms with Gasteiger partial charge in [-0.3, -0.25) is 0 Å². The minimum Gasteiger partial charge on any atom is -0.462 e. The molecule has 1 aromatic carbocycles.